The Balaban J connectivity index is 0.00000180. The topological polar surface area (TPSA) is 56.2 Å². The van der Waals surface area contributed by atoms with Crippen molar-refractivity contribution in [3.8, 4) is 0 Å². The van der Waals surface area contributed by atoms with E-state index in [2.05, 4.69) is 15.9 Å². The first-order valence-electron chi connectivity index (χ1n) is 5.69. The highest BCUT2D eigenvalue weighted by atomic mass is 79.9. The second kappa shape index (κ2) is 6.75. The van der Waals surface area contributed by atoms with E-state index in [-0.39, 0.29) is 18.4 Å². The van der Waals surface area contributed by atoms with Crippen molar-refractivity contribution >= 4 is 50.9 Å². The van der Waals surface area contributed by atoms with Crippen molar-refractivity contribution in [1.29, 1.82) is 0 Å². The van der Waals surface area contributed by atoms with E-state index in [9.17, 15) is 4.79 Å². The smallest absolute Gasteiger partial charge is 0.341 e. The zero-order valence-corrected chi connectivity index (χ0v) is 13.4. The molecular formula is C13H14BrCl2NO2. The van der Waals surface area contributed by atoms with Gasteiger partial charge in [0.1, 0.15) is 5.58 Å². The predicted molar refractivity (Wildman–Crippen MR) is 84.4 cm³/mol. The molecule has 0 fully saturated rings. The number of hydrogen-bond acceptors (Lipinski definition) is 3. The van der Waals surface area contributed by atoms with Gasteiger partial charge in [0.25, 0.3) is 0 Å². The highest BCUT2D eigenvalue weighted by Crippen LogP contribution is 2.28. The first-order valence-corrected chi connectivity index (χ1v) is 6.86. The molecule has 0 aliphatic rings. The van der Waals surface area contributed by atoms with Gasteiger partial charge in [-0.3, -0.25) is 0 Å². The molecule has 0 radical (unpaired) electrons. The maximum Gasteiger partial charge on any atom is 0.341 e. The Labute approximate surface area is 130 Å². The van der Waals surface area contributed by atoms with E-state index in [1.54, 1.807) is 12.1 Å². The van der Waals surface area contributed by atoms with Crippen LogP contribution in [-0.4, -0.2) is 6.04 Å². The summed E-state index contributed by atoms with van der Waals surface area (Å²) in [4.78, 5) is 11.9. The minimum atomic E-state index is -0.404. The number of rotatable bonds is 3. The molecule has 0 saturated carbocycles. The number of nitrogens with two attached hydrogens (primary N) is 1. The normalized spacial score (nSPS) is 12.2. The molecule has 0 amide bonds. The minimum Gasteiger partial charge on any atom is -0.422 e. The highest BCUT2D eigenvalue weighted by Gasteiger charge is 2.15. The van der Waals surface area contributed by atoms with Crippen molar-refractivity contribution in [3.63, 3.8) is 0 Å². The van der Waals surface area contributed by atoms with Crippen LogP contribution in [0.5, 0.6) is 0 Å². The molecule has 1 aromatic carbocycles. The van der Waals surface area contributed by atoms with Gasteiger partial charge in [-0.1, -0.05) is 34.5 Å². The summed E-state index contributed by atoms with van der Waals surface area (Å²) in [6.45, 7) is 1.97. The lowest BCUT2D eigenvalue weighted by Gasteiger charge is -2.10. The van der Waals surface area contributed by atoms with Crippen LogP contribution < -0.4 is 11.4 Å². The predicted octanol–water partition coefficient (Wildman–Crippen LogP) is 3.91. The van der Waals surface area contributed by atoms with Crippen molar-refractivity contribution in [2.75, 3.05) is 0 Å². The largest absolute Gasteiger partial charge is 0.422 e. The van der Waals surface area contributed by atoms with Crippen LogP contribution in [0, 0.1) is 0 Å². The quantitative estimate of drug-likeness (QED) is 0.837. The van der Waals surface area contributed by atoms with Crippen molar-refractivity contribution < 1.29 is 4.42 Å². The van der Waals surface area contributed by atoms with E-state index in [4.69, 9.17) is 21.8 Å². The minimum absolute atomic E-state index is 0. The van der Waals surface area contributed by atoms with Gasteiger partial charge in [-0.05, 0) is 31.0 Å². The summed E-state index contributed by atoms with van der Waals surface area (Å²) in [6, 6.07) is 5.27. The number of fused-ring (bicyclic) bond motifs is 1. The van der Waals surface area contributed by atoms with E-state index in [1.807, 2.05) is 13.0 Å². The van der Waals surface area contributed by atoms with Gasteiger partial charge in [-0.25, -0.2) is 4.79 Å². The molecule has 0 bridgehead atoms. The number of benzene rings is 1. The van der Waals surface area contributed by atoms with Crippen LogP contribution in [-0.2, 0) is 6.42 Å². The molecule has 2 rings (SSSR count). The monoisotopic (exact) mass is 365 g/mol. The number of halogens is 3. The summed E-state index contributed by atoms with van der Waals surface area (Å²) in [5.41, 5.74) is 6.41. The molecule has 1 heterocycles. The van der Waals surface area contributed by atoms with Gasteiger partial charge in [-0.2, -0.15) is 0 Å². The first kappa shape index (κ1) is 16.5. The molecule has 2 N–H and O–H groups in total. The molecular weight excluding hydrogens is 353 g/mol. The second-order valence-corrected chi connectivity index (χ2v) is 5.49. The zero-order valence-electron chi connectivity index (χ0n) is 10.3. The Hall–Kier alpha value is -0.550. The van der Waals surface area contributed by atoms with E-state index < -0.39 is 5.63 Å². The summed E-state index contributed by atoms with van der Waals surface area (Å²) in [7, 11) is 0. The summed E-state index contributed by atoms with van der Waals surface area (Å²) in [6.07, 6.45) is 1.21. The van der Waals surface area contributed by atoms with Crippen molar-refractivity contribution in [3.05, 3.63) is 43.7 Å². The molecule has 0 aliphatic heterocycles. The van der Waals surface area contributed by atoms with Crippen LogP contribution in [0.15, 0.2) is 31.9 Å². The molecule has 0 spiro atoms. The lowest BCUT2D eigenvalue weighted by Crippen LogP contribution is -2.25. The third-order valence-corrected chi connectivity index (χ3v) is 3.81. The summed E-state index contributed by atoms with van der Waals surface area (Å²) in [5, 5.41) is 1.16. The summed E-state index contributed by atoms with van der Waals surface area (Å²) < 4.78 is 6.14. The molecule has 0 aliphatic carbocycles. The maximum absolute atomic E-state index is 11.9. The Morgan fingerprint density at radius 1 is 1.47 bits per heavy atom. The van der Waals surface area contributed by atoms with Crippen molar-refractivity contribution in [1.82, 2.24) is 0 Å². The SMILES string of the molecule is CCC(N)Cc1c(Cl)c2cc(Br)ccc2oc1=O.Cl. The van der Waals surface area contributed by atoms with Crippen molar-refractivity contribution in [2.45, 2.75) is 25.8 Å². The van der Waals surface area contributed by atoms with Crippen LogP contribution in [0.25, 0.3) is 11.0 Å². The van der Waals surface area contributed by atoms with Crippen molar-refractivity contribution in [2.24, 2.45) is 5.73 Å². The van der Waals surface area contributed by atoms with Crippen LogP contribution in [0.4, 0.5) is 0 Å². The highest BCUT2D eigenvalue weighted by molar-refractivity contribution is 9.10. The Bertz CT molecular complexity index is 642. The summed E-state index contributed by atoms with van der Waals surface area (Å²) >= 11 is 9.65. The van der Waals surface area contributed by atoms with Gasteiger partial charge in [0, 0.05) is 15.9 Å². The van der Waals surface area contributed by atoms with E-state index in [0.29, 0.717) is 22.6 Å². The fourth-order valence-corrected chi connectivity index (χ4v) is 2.42. The first-order chi connectivity index (χ1) is 8.52. The van der Waals surface area contributed by atoms with Gasteiger partial charge in [0.2, 0.25) is 0 Å². The standard InChI is InChI=1S/C13H13BrClNO2.ClH/c1-2-8(16)6-10-12(15)9-5-7(14)3-4-11(9)18-13(10)17;/h3-5,8H,2,6,16H2,1H3;1H. The Morgan fingerprint density at radius 2 is 2.16 bits per heavy atom. The van der Waals surface area contributed by atoms with E-state index in [0.717, 1.165) is 16.3 Å². The maximum atomic E-state index is 11.9. The average molecular weight is 367 g/mol. The molecule has 1 atom stereocenters. The molecule has 2 aromatic rings. The summed E-state index contributed by atoms with van der Waals surface area (Å²) in [5.74, 6) is 0. The molecule has 3 nitrogen and oxygen atoms in total. The van der Waals surface area contributed by atoms with Crippen LogP contribution in [0.2, 0.25) is 5.02 Å². The second-order valence-electron chi connectivity index (χ2n) is 4.19. The Morgan fingerprint density at radius 3 is 2.79 bits per heavy atom. The molecule has 19 heavy (non-hydrogen) atoms. The molecule has 104 valence electrons. The molecule has 0 saturated heterocycles. The molecule has 6 heteroatoms. The molecule has 1 unspecified atom stereocenters. The van der Waals surface area contributed by atoms with Crippen LogP contribution in [0.3, 0.4) is 0 Å². The van der Waals surface area contributed by atoms with Gasteiger partial charge >= 0.3 is 5.63 Å². The molecule has 1 aromatic heterocycles. The fourth-order valence-electron chi connectivity index (χ4n) is 1.76. The van der Waals surface area contributed by atoms with Gasteiger partial charge in [-0.15, -0.1) is 12.4 Å². The van der Waals surface area contributed by atoms with Gasteiger partial charge in [0.05, 0.1) is 10.6 Å². The lowest BCUT2D eigenvalue weighted by atomic mass is 10.0. The van der Waals surface area contributed by atoms with Gasteiger partial charge < -0.3 is 10.2 Å². The average Bonchev–Trinajstić information content (AvgIpc) is 2.35. The van der Waals surface area contributed by atoms with E-state index >= 15 is 0 Å². The number of hydrogen-bond donors (Lipinski definition) is 1. The fraction of sp³-hybridized carbons (Fsp3) is 0.308. The van der Waals surface area contributed by atoms with Crippen LogP contribution >= 0.6 is 39.9 Å². The van der Waals surface area contributed by atoms with Gasteiger partial charge in [0.15, 0.2) is 0 Å². The lowest BCUT2D eigenvalue weighted by molar-refractivity contribution is 0.538. The Kier molecular flexibility index (Phi) is 5.86. The zero-order chi connectivity index (χ0) is 13.3. The van der Waals surface area contributed by atoms with E-state index in [1.165, 1.54) is 0 Å². The third-order valence-electron chi connectivity index (χ3n) is 2.88. The third kappa shape index (κ3) is 3.51. The van der Waals surface area contributed by atoms with Crippen LogP contribution in [0.1, 0.15) is 18.9 Å².